The smallest absolute Gasteiger partial charge is 0.411 e. The van der Waals surface area contributed by atoms with E-state index in [2.05, 4.69) is 10.2 Å². The molecule has 5 nitrogen and oxygen atoms in total. The van der Waals surface area contributed by atoms with E-state index in [-0.39, 0.29) is 12.4 Å². The highest BCUT2D eigenvalue weighted by Gasteiger charge is 2.10. The number of nitrogens with zero attached hydrogens (tertiary/aromatic N) is 1. The molecule has 0 radical (unpaired) electrons. The van der Waals surface area contributed by atoms with Crippen molar-refractivity contribution < 1.29 is 14.3 Å². The second kappa shape index (κ2) is 12.1. The maximum atomic E-state index is 11.9. The molecule has 24 heavy (non-hydrogen) atoms. The third kappa shape index (κ3) is 7.99. The molecule has 1 aromatic rings. The van der Waals surface area contributed by atoms with Crippen molar-refractivity contribution in [1.29, 1.82) is 0 Å². The Morgan fingerprint density at radius 2 is 1.96 bits per heavy atom. The molecule has 1 fully saturated rings. The van der Waals surface area contributed by atoms with Crippen LogP contribution in [0.2, 0.25) is 0 Å². The molecule has 136 valence electrons. The molecule has 0 saturated carbocycles. The van der Waals surface area contributed by atoms with Crippen molar-refractivity contribution >= 4 is 24.2 Å². The molecule has 1 aromatic carbocycles. The van der Waals surface area contributed by atoms with E-state index in [1.807, 2.05) is 31.2 Å². The van der Waals surface area contributed by atoms with Crippen LogP contribution in [0.1, 0.15) is 38.2 Å². The van der Waals surface area contributed by atoms with E-state index < -0.39 is 6.09 Å². The van der Waals surface area contributed by atoms with Gasteiger partial charge in [0.05, 0.1) is 6.61 Å². The summed E-state index contributed by atoms with van der Waals surface area (Å²) in [6, 6.07) is 7.64. The van der Waals surface area contributed by atoms with Crippen LogP contribution in [0.5, 0.6) is 0 Å². The van der Waals surface area contributed by atoms with Gasteiger partial charge in [-0.15, -0.1) is 12.4 Å². The number of nitrogens with one attached hydrogen (secondary N) is 1. The van der Waals surface area contributed by atoms with Gasteiger partial charge >= 0.3 is 6.09 Å². The van der Waals surface area contributed by atoms with E-state index in [0.717, 1.165) is 30.9 Å². The van der Waals surface area contributed by atoms with E-state index in [9.17, 15) is 4.79 Å². The minimum atomic E-state index is -0.395. The van der Waals surface area contributed by atoms with Crippen LogP contribution < -0.4 is 5.32 Å². The number of rotatable bonds is 7. The number of ether oxygens (including phenoxy) is 2. The van der Waals surface area contributed by atoms with Crippen molar-refractivity contribution in [3.05, 3.63) is 29.8 Å². The number of anilines is 1. The minimum Gasteiger partial charge on any atom is -0.448 e. The summed E-state index contributed by atoms with van der Waals surface area (Å²) >= 11 is 0. The predicted octanol–water partition coefficient (Wildman–Crippen LogP) is 4.07. The molecule has 1 aliphatic rings. The number of hydrogen-bond acceptors (Lipinski definition) is 4. The van der Waals surface area contributed by atoms with Crippen molar-refractivity contribution in [3.8, 4) is 0 Å². The van der Waals surface area contributed by atoms with Gasteiger partial charge < -0.3 is 9.47 Å². The summed E-state index contributed by atoms with van der Waals surface area (Å²) in [6.07, 6.45) is 4.73. The fourth-order valence-corrected chi connectivity index (χ4v) is 2.74. The lowest BCUT2D eigenvalue weighted by Crippen LogP contribution is -2.30. The molecule has 0 spiro atoms. The molecule has 0 atom stereocenters. The largest absolute Gasteiger partial charge is 0.448 e. The highest BCUT2D eigenvalue weighted by Crippen LogP contribution is 2.12. The SMILES string of the molecule is CCOCc1cccc(NC(=O)OCCN2CCCCCC2)c1.Cl. The first-order chi connectivity index (χ1) is 11.3. The summed E-state index contributed by atoms with van der Waals surface area (Å²) in [5.74, 6) is 0. The fourth-order valence-electron chi connectivity index (χ4n) is 2.74. The van der Waals surface area contributed by atoms with Crippen LogP contribution in [0.15, 0.2) is 24.3 Å². The molecule has 0 aliphatic carbocycles. The molecule has 1 saturated heterocycles. The summed E-state index contributed by atoms with van der Waals surface area (Å²) in [5, 5.41) is 2.77. The van der Waals surface area contributed by atoms with Gasteiger partial charge in [0.1, 0.15) is 6.61 Å². The van der Waals surface area contributed by atoms with Gasteiger partial charge in [-0.1, -0.05) is 25.0 Å². The Morgan fingerprint density at radius 3 is 2.67 bits per heavy atom. The second-order valence-electron chi connectivity index (χ2n) is 5.85. The Balaban J connectivity index is 0.00000288. The standard InChI is InChI=1S/C18H28N2O3.ClH/c1-2-22-15-16-8-7-9-17(14-16)19-18(21)23-13-12-20-10-5-3-4-6-11-20;/h7-9,14H,2-6,10-13,15H2,1H3,(H,19,21);1H. The molecule has 0 unspecified atom stereocenters. The van der Waals surface area contributed by atoms with Crippen LogP contribution in [0.3, 0.4) is 0 Å². The molecule has 1 heterocycles. The van der Waals surface area contributed by atoms with Gasteiger partial charge in [-0.2, -0.15) is 0 Å². The summed E-state index contributed by atoms with van der Waals surface area (Å²) in [7, 11) is 0. The normalized spacial score (nSPS) is 15.2. The Labute approximate surface area is 151 Å². The van der Waals surface area contributed by atoms with Gasteiger partial charge in [0.2, 0.25) is 0 Å². The monoisotopic (exact) mass is 356 g/mol. The van der Waals surface area contributed by atoms with Crippen molar-refractivity contribution in [1.82, 2.24) is 4.90 Å². The molecule has 1 amide bonds. The number of hydrogen-bond donors (Lipinski definition) is 1. The zero-order valence-electron chi connectivity index (χ0n) is 14.5. The molecule has 2 rings (SSSR count). The Hall–Kier alpha value is -1.30. The average molecular weight is 357 g/mol. The summed E-state index contributed by atoms with van der Waals surface area (Å²) in [4.78, 5) is 14.2. The maximum Gasteiger partial charge on any atom is 0.411 e. The van der Waals surface area contributed by atoms with Crippen LogP contribution in [0, 0.1) is 0 Å². The van der Waals surface area contributed by atoms with E-state index in [0.29, 0.717) is 19.8 Å². The average Bonchev–Trinajstić information content (AvgIpc) is 2.82. The first-order valence-electron chi connectivity index (χ1n) is 8.60. The lowest BCUT2D eigenvalue weighted by atomic mass is 10.2. The molecular weight excluding hydrogens is 328 g/mol. The fraction of sp³-hybridized carbons (Fsp3) is 0.611. The van der Waals surface area contributed by atoms with E-state index >= 15 is 0 Å². The van der Waals surface area contributed by atoms with Crippen molar-refractivity contribution in [2.45, 2.75) is 39.2 Å². The zero-order valence-corrected chi connectivity index (χ0v) is 15.3. The third-order valence-electron chi connectivity index (χ3n) is 3.99. The van der Waals surface area contributed by atoms with Crippen LogP contribution in [-0.4, -0.2) is 43.8 Å². The second-order valence-corrected chi connectivity index (χ2v) is 5.85. The Kier molecular flexibility index (Phi) is 10.5. The van der Waals surface area contributed by atoms with Crippen molar-refractivity contribution in [2.75, 3.05) is 38.2 Å². The zero-order chi connectivity index (χ0) is 16.3. The summed E-state index contributed by atoms with van der Waals surface area (Å²) < 4.78 is 10.7. The summed E-state index contributed by atoms with van der Waals surface area (Å²) in [6.45, 7) is 6.67. The molecule has 1 aliphatic heterocycles. The number of amides is 1. The molecule has 1 N–H and O–H groups in total. The number of carbonyl (C=O) groups excluding carboxylic acids is 1. The van der Waals surface area contributed by atoms with Crippen LogP contribution in [0.4, 0.5) is 10.5 Å². The van der Waals surface area contributed by atoms with Crippen molar-refractivity contribution in [2.24, 2.45) is 0 Å². The summed E-state index contributed by atoms with van der Waals surface area (Å²) in [5.41, 5.74) is 1.77. The van der Waals surface area contributed by atoms with E-state index in [1.54, 1.807) is 0 Å². The molecule has 0 bridgehead atoms. The van der Waals surface area contributed by atoms with Gasteiger partial charge in [0.15, 0.2) is 0 Å². The van der Waals surface area contributed by atoms with E-state index in [4.69, 9.17) is 9.47 Å². The third-order valence-corrected chi connectivity index (χ3v) is 3.99. The quantitative estimate of drug-likeness (QED) is 0.800. The van der Waals surface area contributed by atoms with E-state index in [1.165, 1.54) is 25.7 Å². The van der Waals surface area contributed by atoms with Crippen LogP contribution in [0.25, 0.3) is 0 Å². The minimum absolute atomic E-state index is 0. The van der Waals surface area contributed by atoms with Gasteiger partial charge in [-0.05, 0) is 50.6 Å². The highest BCUT2D eigenvalue weighted by atomic mass is 35.5. The van der Waals surface area contributed by atoms with Gasteiger partial charge in [-0.3, -0.25) is 10.2 Å². The molecule has 6 heteroatoms. The van der Waals surface area contributed by atoms with Gasteiger partial charge in [-0.25, -0.2) is 4.79 Å². The first-order valence-corrected chi connectivity index (χ1v) is 8.60. The number of likely N-dealkylation sites (tertiary alicyclic amines) is 1. The Bertz CT molecular complexity index is 477. The van der Waals surface area contributed by atoms with Crippen molar-refractivity contribution in [3.63, 3.8) is 0 Å². The first kappa shape index (κ1) is 20.7. The van der Waals surface area contributed by atoms with Crippen LogP contribution in [-0.2, 0) is 16.1 Å². The van der Waals surface area contributed by atoms with Gasteiger partial charge in [0.25, 0.3) is 0 Å². The molecular formula is C18H29ClN2O3. The van der Waals surface area contributed by atoms with Crippen LogP contribution >= 0.6 is 12.4 Å². The van der Waals surface area contributed by atoms with Gasteiger partial charge in [0, 0.05) is 18.8 Å². The lowest BCUT2D eigenvalue weighted by Gasteiger charge is -2.19. The lowest BCUT2D eigenvalue weighted by molar-refractivity contribution is 0.134. The Morgan fingerprint density at radius 1 is 1.21 bits per heavy atom. The number of carbonyl (C=O) groups is 1. The number of halogens is 1. The highest BCUT2D eigenvalue weighted by molar-refractivity contribution is 5.85. The topological polar surface area (TPSA) is 50.8 Å². The predicted molar refractivity (Wildman–Crippen MR) is 98.9 cm³/mol. The maximum absolute atomic E-state index is 11.9. The number of benzene rings is 1. The molecule has 0 aromatic heterocycles.